The van der Waals surface area contributed by atoms with Crippen molar-refractivity contribution in [3.8, 4) is 0 Å². The standard InChI is InChI=1S/C26H53NO2/c1-3-5-7-9-10-11-12-13-14-15-16-17-18-20-21-23-25(27)29-26(28)24-22-19-8-6-4-2/h25H,3-24,27H2,1-2H3. The number of rotatable bonds is 23. The van der Waals surface area contributed by atoms with Crippen molar-refractivity contribution < 1.29 is 9.53 Å². The number of ether oxygens (including phenoxy) is 1. The molecule has 0 rings (SSSR count). The average molecular weight is 412 g/mol. The number of unbranched alkanes of at least 4 members (excludes halogenated alkanes) is 18. The zero-order chi connectivity index (χ0) is 21.4. The molecule has 0 aliphatic carbocycles. The van der Waals surface area contributed by atoms with Crippen molar-refractivity contribution in [2.75, 3.05) is 0 Å². The summed E-state index contributed by atoms with van der Waals surface area (Å²) in [5.41, 5.74) is 5.94. The van der Waals surface area contributed by atoms with E-state index in [4.69, 9.17) is 10.5 Å². The fourth-order valence-electron chi connectivity index (χ4n) is 3.88. The van der Waals surface area contributed by atoms with Crippen LogP contribution in [0.3, 0.4) is 0 Å². The number of carbonyl (C=O) groups excluding carboxylic acids is 1. The first kappa shape index (κ1) is 28.4. The van der Waals surface area contributed by atoms with Gasteiger partial charge < -0.3 is 4.74 Å². The summed E-state index contributed by atoms with van der Waals surface area (Å²) in [6.45, 7) is 4.48. The summed E-state index contributed by atoms with van der Waals surface area (Å²) >= 11 is 0. The lowest BCUT2D eigenvalue weighted by Crippen LogP contribution is -2.26. The van der Waals surface area contributed by atoms with Crippen LogP contribution in [0.5, 0.6) is 0 Å². The number of nitrogens with two attached hydrogens (primary N) is 1. The third-order valence-electron chi connectivity index (χ3n) is 5.86. The zero-order valence-electron chi connectivity index (χ0n) is 20.0. The Kier molecular flexibility index (Phi) is 23.2. The molecule has 0 aliphatic rings. The first-order chi connectivity index (χ1) is 14.2. The Morgan fingerprint density at radius 2 is 0.931 bits per heavy atom. The Morgan fingerprint density at radius 3 is 1.34 bits per heavy atom. The summed E-state index contributed by atoms with van der Waals surface area (Å²) in [7, 11) is 0. The van der Waals surface area contributed by atoms with Crippen LogP contribution in [0.2, 0.25) is 0 Å². The van der Waals surface area contributed by atoms with E-state index in [0.717, 1.165) is 25.7 Å². The van der Waals surface area contributed by atoms with E-state index in [0.29, 0.717) is 6.42 Å². The van der Waals surface area contributed by atoms with Gasteiger partial charge in [0.15, 0.2) is 6.23 Å². The first-order valence-electron chi connectivity index (χ1n) is 13.2. The molecule has 3 heteroatoms. The van der Waals surface area contributed by atoms with Gasteiger partial charge in [0.05, 0.1) is 0 Å². The first-order valence-corrected chi connectivity index (χ1v) is 13.2. The summed E-state index contributed by atoms with van der Waals surface area (Å²) in [6, 6.07) is 0. The highest BCUT2D eigenvalue weighted by Crippen LogP contribution is 2.14. The van der Waals surface area contributed by atoms with Crippen LogP contribution in [0, 0.1) is 0 Å². The van der Waals surface area contributed by atoms with Crippen molar-refractivity contribution in [2.45, 2.75) is 161 Å². The van der Waals surface area contributed by atoms with Crippen molar-refractivity contribution in [3.05, 3.63) is 0 Å². The fraction of sp³-hybridized carbons (Fsp3) is 0.962. The molecule has 0 spiro atoms. The molecule has 0 saturated carbocycles. The molecule has 174 valence electrons. The lowest BCUT2D eigenvalue weighted by Gasteiger charge is -2.13. The molecule has 3 nitrogen and oxygen atoms in total. The van der Waals surface area contributed by atoms with Crippen LogP contribution in [0.1, 0.15) is 155 Å². The van der Waals surface area contributed by atoms with Crippen LogP contribution >= 0.6 is 0 Å². The molecule has 0 amide bonds. The molecule has 0 aromatic rings. The summed E-state index contributed by atoms with van der Waals surface area (Å²) < 4.78 is 5.31. The van der Waals surface area contributed by atoms with Crippen LogP contribution in [0.4, 0.5) is 0 Å². The highest BCUT2D eigenvalue weighted by molar-refractivity contribution is 5.69. The minimum atomic E-state index is -0.403. The maximum atomic E-state index is 11.7. The van der Waals surface area contributed by atoms with Gasteiger partial charge >= 0.3 is 5.97 Å². The predicted octanol–water partition coefficient (Wildman–Crippen LogP) is 8.44. The van der Waals surface area contributed by atoms with E-state index in [9.17, 15) is 4.79 Å². The van der Waals surface area contributed by atoms with E-state index in [1.54, 1.807) is 0 Å². The third kappa shape index (κ3) is 23.6. The van der Waals surface area contributed by atoms with Crippen LogP contribution in [-0.4, -0.2) is 12.2 Å². The SMILES string of the molecule is CCCCCCCCCCCCCCCCCC(N)OC(=O)CCCCCCC. The van der Waals surface area contributed by atoms with Gasteiger partial charge in [-0.1, -0.05) is 129 Å². The second-order valence-electron chi connectivity index (χ2n) is 8.93. The van der Waals surface area contributed by atoms with E-state index >= 15 is 0 Å². The van der Waals surface area contributed by atoms with Crippen molar-refractivity contribution >= 4 is 5.97 Å². The molecule has 0 fully saturated rings. The Bertz CT molecular complexity index is 333. The second kappa shape index (κ2) is 23.7. The topological polar surface area (TPSA) is 52.3 Å². The van der Waals surface area contributed by atoms with Gasteiger partial charge in [-0.15, -0.1) is 0 Å². The summed E-state index contributed by atoms with van der Waals surface area (Å²) in [5, 5.41) is 0. The molecule has 1 unspecified atom stereocenters. The Labute approximate surface area is 182 Å². The molecule has 0 aromatic heterocycles. The monoisotopic (exact) mass is 411 g/mol. The Balaban J connectivity index is 3.24. The fourth-order valence-corrected chi connectivity index (χ4v) is 3.88. The van der Waals surface area contributed by atoms with E-state index < -0.39 is 6.23 Å². The second-order valence-corrected chi connectivity index (χ2v) is 8.93. The normalized spacial score (nSPS) is 12.2. The van der Waals surface area contributed by atoms with Gasteiger partial charge in [-0.05, 0) is 19.3 Å². The van der Waals surface area contributed by atoms with Crippen LogP contribution < -0.4 is 5.73 Å². The lowest BCUT2D eigenvalue weighted by atomic mass is 10.0. The zero-order valence-corrected chi connectivity index (χ0v) is 20.0. The van der Waals surface area contributed by atoms with Crippen molar-refractivity contribution in [3.63, 3.8) is 0 Å². The average Bonchev–Trinajstić information content (AvgIpc) is 2.70. The van der Waals surface area contributed by atoms with Crippen molar-refractivity contribution in [2.24, 2.45) is 5.73 Å². The third-order valence-corrected chi connectivity index (χ3v) is 5.86. The highest BCUT2D eigenvalue weighted by atomic mass is 16.6. The molecule has 0 heterocycles. The smallest absolute Gasteiger partial charge is 0.307 e. The summed E-state index contributed by atoms with van der Waals surface area (Å²) in [4.78, 5) is 11.7. The number of hydrogen-bond donors (Lipinski definition) is 1. The van der Waals surface area contributed by atoms with Crippen molar-refractivity contribution in [1.82, 2.24) is 0 Å². The van der Waals surface area contributed by atoms with Gasteiger partial charge in [0.2, 0.25) is 0 Å². The van der Waals surface area contributed by atoms with Gasteiger partial charge in [-0.25, -0.2) is 0 Å². The number of hydrogen-bond acceptors (Lipinski definition) is 3. The minimum Gasteiger partial charge on any atom is -0.447 e. The molecule has 0 saturated heterocycles. The molecule has 0 radical (unpaired) electrons. The maximum Gasteiger partial charge on any atom is 0.307 e. The van der Waals surface area contributed by atoms with Gasteiger partial charge in [0, 0.05) is 6.42 Å². The number of esters is 1. The lowest BCUT2D eigenvalue weighted by molar-refractivity contribution is -0.149. The quantitative estimate of drug-likeness (QED) is 0.104. The van der Waals surface area contributed by atoms with Crippen LogP contribution in [-0.2, 0) is 9.53 Å². The largest absolute Gasteiger partial charge is 0.447 e. The molecule has 0 aromatic carbocycles. The molecule has 2 N–H and O–H groups in total. The Hall–Kier alpha value is -0.570. The van der Waals surface area contributed by atoms with Crippen molar-refractivity contribution in [1.29, 1.82) is 0 Å². The number of carbonyl (C=O) groups is 1. The van der Waals surface area contributed by atoms with Crippen LogP contribution in [0.25, 0.3) is 0 Å². The van der Waals surface area contributed by atoms with Gasteiger partial charge in [0.25, 0.3) is 0 Å². The maximum absolute atomic E-state index is 11.7. The molecule has 0 bridgehead atoms. The summed E-state index contributed by atoms with van der Waals surface area (Å²) in [6.07, 6.45) is 27.1. The minimum absolute atomic E-state index is 0.116. The van der Waals surface area contributed by atoms with Gasteiger partial charge in [0.1, 0.15) is 0 Å². The van der Waals surface area contributed by atoms with E-state index in [2.05, 4.69) is 13.8 Å². The molecule has 1 atom stereocenters. The van der Waals surface area contributed by atoms with Gasteiger partial charge in [-0.3, -0.25) is 10.5 Å². The summed E-state index contributed by atoms with van der Waals surface area (Å²) in [5.74, 6) is -0.116. The molecule has 29 heavy (non-hydrogen) atoms. The van der Waals surface area contributed by atoms with E-state index in [-0.39, 0.29) is 5.97 Å². The van der Waals surface area contributed by atoms with Crippen LogP contribution in [0.15, 0.2) is 0 Å². The Morgan fingerprint density at radius 1 is 0.586 bits per heavy atom. The molecular weight excluding hydrogens is 358 g/mol. The van der Waals surface area contributed by atoms with E-state index in [1.807, 2.05) is 0 Å². The highest BCUT2D eigenvalue weighted by Gasteiger charge is 2.09. The van der Waals surface area contributed by atoms with E-state index in [1.165, 1.54) is 109 Å². The molecular formula is C26H53NO2. The van der Waals surface area contributed by atoms with Gasteiger partial charge in [-0.2, -0.15) is 0 Å². The predicted molar refractivity (Wildman–Crippen MR) is 127 cm³/mol. The molecule has 0 aliphatic heterocycles.